The van der Waals surface area contributed by atoms with E-state index in [1.807, 2.05) is 0 Å². The molecule has 1 rings (SSSR count). The summed E-state index contributed by atoms with van der Waals surface area (Å²) in [6, 6.07) is 0. The van der Waals surface area contributed by atoms with Gasteiger partial charge in [0.1, 0.15) is 0 Å². The number of nitrogens with one attached hydrogen (secondary N) is 1. The Morgan fingerprint density at radius 3 is 3.00 bits per heavy atom. The van der Waals surface area contributed by atoms with Gasteiger partial charge < -0.3 is 11.1 Å². The van der Waals surface area contributed by atoms with Crippen LogP contribution in [-0.4, -0.2) is 19.6 Å². The first-order valence-corrected chi connectivity index (χ1v) is 4.34. The minimum Gasteiger partial charge on any atom is -0.330 e. The zero-order chi connectivity index (χ0) is 7.23. The van der Waals surface area contributed by atoms with Crippen LogP contribution in [-0.2, 0) is 0 Å². The lowest BCUT2D eigenvalue weighted by Gasteiger charge is -2.22. The molecule has 1 fully saturated rings. The van der Waals surface area contributed by atoms with Crippen LogP contribution in [0.5, 0.6) is 0 Å². The molecule has 1 unspecified atom stereocenters. The van der Waals surface area contributed by atoms with Gasteiger partial charge in [-0.25, -0.2) is 0 Å². The van der Waals surface area contributed by atoms with Crippen LogP contribution < -0.4 is 11.1 Å². The smallest absolute Gasteiger partial charge is 0.00205 e. The Kier molecular flexibility index (Phi) is 3.76. The molecule has 1 aliphatic rings. The van der Waals surface area contributed by atoms with E-state index in [1.165, 1.54) is 38.8 Å². The lowest BCUT2D eigenvalue weighted by atomic mass is 9.95. The number of rotatable bonds is 3. The Hall–Kier alpha value is -0.0800. The molecule has 2 heteroatoms. The number of piperidine rings is 1. The van der Waals surface area contributed by atoms with Gasteiger partial charge in [0.05, 0.1) is 0 Å². The topological polar surface area (TPSA) is 38.0 Å². The van der Waals surface area contributed by atoms with Crippen LogP contribution in [0.2, 0.25) is 0 Å². The van der Waals surface area contributed by atoms with Crippen molar-refractivity contribution in [2.45, 2.75) is 25.7 Å². The van der Waals surface area contributed by atoms with Gasteiger partial charge in [0.2, 0.25) is 0 Å². The van der Waals surface area contributed by atoms with E-state index >= 15 is 0 Å². The lowest BCUT2D eigenvalue weighted by molar-refractivity contribution is 0.352. The van der Waals surface area contributed by atoms with Crippen molar-refractivity contribution in [3.63, 3.8) is 0 Å². The maximum absolute atomic E-state index is 5.43. The Morgan fingerprint density at radius 1 is 1.50 bits per heavy atom. The van der Waals surface area contributed by atoms with Crippen molar-refractivity contribution >= 4 is 0 Å². The van der Waals surface area contributed by atoms with E-state index in [9.17, 15) is 0 Å². The summed E-state index contributed by atoms with van der Waals surface area (Å²) in [5.41, 5.74) is 5.43. The van der Waals surface area contributed by atoms with Crippen molar-refractivity contribution in [1.82, 2.24) is 5.32 Å². The number of hydrogen-bond donors (Lipinski definition) is 2. The van der Waals surface area contributed by atoms with Gasteiger partial charge in [-0.3, -0.25) is 0 Å². The molecule has 0 aromatic heterocycles. The quantitative estimate of drug-likeness (QED) is 0.609. The molecule has 60 valence electrons. The molecule has 1 heterocycles. The molecule has 0 aromatic carbocycles. The van der Waals surface area contributed by atoms with Crippen LogP contribution >= 0.6 is 0 Å². The van der Waals surface area contributed by atoms with Crippen LogP contribution in [0.3, 0.4) is 0 Å². The molecule has 0 radical (unpaired) electrons. The van der Waals surface area contributed by atoms with E-state index in [2.05, 4.69) is 5.32 Å². The van der Waals surface area contributed by atoms with Crippen molar-refractivity contribution in [2.75, 3.05) is 19.6 Å². The molecule has 1 saturated heterocycles. The van der Waals surface area contributed by atoms with Crippen LogP contribution in [0, 0.1) is 5.92 Å². The summed E-state index contributed by atoms with van der Waals surface area (Å²) in [7, 11) is 0. The van der Waals surface area contributed by atoms with Gasteiger partial charge in [-0.1, -0.05) is 0 Å². The van der Waals surface area contributed by atoms with Gasteiger partial charge in [0, 0.05) is 0 Å². The number of hydrogen-bond acceptors (Lipinski definition) is 2. The Morgan fingerprint density at radius 2 is 2.40 bits per heavy atom. The highest BCUT2D eigenvalue weighted by molar-refractivity contribution is 4.68. The molecule has 0 bridgehead atoms. The van der Waals surface area contributed by atoms with Crippen LogP contribution in [0.1, 0.15) is 25.7 Å². The average Bonchev–Trinajstić information content (AvgIpc) is 2.03. The monoisotopic (exact) mass is 142 g/mol. The highest BCUT2D eigenvalue weighted by Gasteiger charge is 2.11. The SMILES string of the molecule is NCCCC1CCCNC1. The van der Waals surface area contributed by atoms with E-state index in [0.717, 1.165) is 12.5 Å². The second-order valence-corrected chi connectivity index (χ2v) is 3.14. The minimum atomic E-state index is 0.858. The van der Waals surface area contributed by atoms with Crippen LogP contribution in [0.25, 0.3) is 0 Å². The molecule has 0 saturated carbocycles. The lowest BCUT2D eigenvalue weighted by Crippen LogP contribution is -2.29. The zero-order valence-electron chi connectivity index (χ0n) is 6.60. The van der Waals surface area contributed by atoms with Crippen molar-refractivity contribution in [2.24, 2.45) is 11.7 Å². The number of nitrogens with two attached hydrogens (primary N) is 1. The van der Waals surface area contributed by atoms with Gasteiger partial charge in [-0.2, -0.15) is 0 Å². The molecule has 0 amide bonds. The molecule has 3 N–H and O–H groups in total. The van der Waals surface area contributed by atoms with Crippen molar-refractivity contribution in [3.05, 3.63) is 0 Å². The second-order valence-electron chi connectivity index (χ2n) is 3.14. The van der Waals surface area contributed by atoms with Crippen LogP contribution in [0.15, 0.2) is 0 Å². The van der Waals surface area contributed by atoms with Crippen LogP contribution in [0.4, 0.5) is 0 Å². The second kappa shape index (κ2) is 4.69. The maximum atomic E-state index is 5.43. The summed E-state index contributed by atoms with van der Waals surface area (Å²) in [5, 5.41) is 3.40. The molecule has 0 spiro atoms. The maximum Gasteiger partial charge on any atom is -0.00205 e. The predicted molar refractivity (Wildman–Crippen MR) is 43.9 cm³/mol. The summed E-state index contributed by atoms with van der Waals surface area (Å²) in [4.78, 5) is 0. The first-order chi connectivity index (χ1) is 4.93. The molecular formula is C8H18N2. The average molecular weight is 142 g/mol. The third-order valence-corrected chi connectivity index (χ3v) is 2.22. The van der Waals surface area contributed by atoms with E-state index in [0.29, 0.717) is 0 Å². The van der Waals surface area contributed by atoms with Crippen molar-refractivity contribution < 1.29 is 0 Å². The molecule has 2 nitrogen and oxygen atoms in total. The van der Waals surface area contributed by atoms with E-state index < -0.39 is 0 Å². The first-order valence-electron chi connectivity index (χ1n) is 4.34. The Balaban J connectivity index is 2.02. The van der Waals surface area contributed by atoms with E-state index in [4.69, 9.17) is 5.73 Å². The zero-order valence-corrected chi connectivity index (χ0v) is 6.60. The molecule has 1 atom stereocenters. The highest BCUT2D eigenvalue weighted by atomic mass is 14.9. The largest absolute Gasteiger partial charge is 0.330 e. The standard InChI is InChI=1S/C8H18N2/c9-5-1-3-8-4-2-6-10-7-8/h8,10H,1-7,9H2. The van der Waals surface area contributed by atoms with Gasteiger partial charge in [0.15, 0.2) is 0 Å². The first kappa shape index (κ1) is 8.02. The van der Waals surface area contributed by atoms with E-state index in [1.54, 1.807) is 0 Å². The highest BCUT2D eigenvalue weighted by Crippen LogP contribution is 2.14. The van der Waals surface area contributed by atoms with Gasteiger partial charge in [-0.15, -0.1) is 0 Å². The third kappa shape index (κ3) is 2.67. The van der Waals surface area contributed by atoms with Gasteiger partial charge in [0.25, 0.3) is 0 Å². The van der Waals surface area contributed by atoms with Crippen molar-refractivity contribution in [3.8, 4) is 0 Å². The summed E-state index contributed by atoms with van der Waals surface area (Å²) >= 11 is 0. The fraction of sp³-hybridized carbons (Fsp3) is 1.00. The van der Waals surface area contributed by atoms with E-state index in [-0.39, 0.29) is 0 Å². The third-order valence-electron chi connectivity index (χ3n) is 2.22. The van der Waals surface area contributed by atoms with Gasteiger partial charge in [-0.05, 0) is 51.2 Å². The summed E-state index contributed by atoms with van der Waals surface area (Å²) in [6.07, 6.45) is 5.29. The van der Waals surface area contributed by atoms with Crippen molar-refractivity contribution in [1.29, 1.82) is 0 Å². The molecule has 10 heavy (non-hydrogen) atoms. The molecule has 1 aliphatic heterocycles. The van der Waals surface area contributed by atoms with Gasteiger partial charge >= 0.3 is 0 Å². The summed E-state index contributed by atoms with van der Waals surface area (Å²) < 4.78 is 0. The fourth-order valence-corrected chi connectivity index (χ4v) is 1.58. The molecule has 0 aliphatic carbocycles. The summed E-state index contributed by atoms with van der Waals surface area (Å²) in [6.45, 7) is 3.30. The Labute approximate surface area is 63.2 Å². The predicted octanol–water partition coefficient (Wildman–Crippen LogP) is 0.725. The summed E-state index contributed by atoms with van der Waals surface area (Å²) in [5.74, 6) is 0.914. The normalized spacial score (nSPS) is 26.7. The fourth-order valence-electron chi connectivity index (χ4n) is 1.58. The Bertz CT molecular complexity index is 77.3. The minimum absolute atomic E-state index is 0.858. The molecular weight excluding hydrogens is 124 g/mol. The molecule has 0 aromatic rings.